The summed E-state index contributed by atoms with van der Waals surface area (Å²) in [6, 6.07) is 9.95. The maximum atomic E-state index is 12.7. The molecule has 1 aliphatic heterocycles. The van der Waals surface area contributed by atoms with E-state index < -0.39 is 0 Å². The van der Waals surface area contributed by atoms with E-state index in [9.17, 15) is 5.53 Å². The van der Waals surface area contributed by atoms with Crippen molar-refractivity contribution in [3.63, 3.8) is 0 Å². The van der Waals surface area contributed by atoms with Crippen LogP contribution < -0.4 is 0 Å². The fraction of sp³-hybridized carbons (Fsp3) is 0.714. The van der Waals surface area contributed by atoms with Crippen LogP contribution in [0.4, 0.5) is 0 Å². The molecule has 0 atom stereocenters. The first-order chi connectivity index (χ1) is 32.4. The summed E-state index contributed by atoms with van der Waals surface area (Å²) in [5.41, 5.74) is 27.2. The van der Waals surface area contributed by atoms with Crippen LogP contribution in [0.1, 0.15) is 287 Å². The molecule has 0 fully saturated rings. The van der Waals surface area contributed by atoms with Crippen LogP contribution in [-0.2, 0) is 53.0 Å². The van der Waals surface area contributed by atoms with Gasteiger partial charge >= 0.3 is 39.1 Å². The minimum atomic E-state index is 0.901. The molecule has 1 aliphatic rings. The molecule has 2 nitrogen and oxygen atoms in total. The molecular formula is C63H104N2Ni. The van der Waals surface area contributed by atoms with Gasteiger partial charge in [-0.25, -0.2) is 4.70 Å². The fourth-order valence-electron chi connectivity index (χ4n) is 9.70. The van der Waals surface area contributed by atoms with E-state index in [1.807, 2.05) is 14.4 Å². The summed E-state index contributed by atoms with van der Waals surface area (Å²) in [6.07, 6.45) is 44.2. The molecule has 0 radical (unpaired) electrons. The van der Waals surface area contributed by atoms with Gasteiger partial charge in [-0.05, 0) is 141 Å². The monoisotopic (exact) mass is 947 g/mol. The number of nitrogens with zero attached hydrogens (tertiary/aromatic N) is 2. The molecule has 0 spiro atoms. The van der Waals surface area contributed by atoms with E-state index in [0.717, 1.165) is 61.1 Å². The molecule has 66 heavy (non-hydrogen) atoms. The van der Waals surface area contributed by atoms with Crippen molar-refractivity contribution in [1.29, 1.82) is 0 Å². The number of benzene rings is 2. The SMILES string of the molecule is CCCCCC#CC1=C(c2cc(CCCCCC)c(CCCCCC)c(CCCCCC)c2)[N+](=[N-])C(c2cc(CCCCCC)c(CCCCCC)c(CCCCCC)c2)=C1.C[CH2][Ni][CH2]C. The van der Waals surface area contributed by atoms with Gasteiger partial charge in [-0.1, -0.05) is 189 Å². The van der Waals surface area contributed by atoms with Crippen LogP contribution >= 0.6 is 0 Å². The average molecular weight is 948 g/mol. The average Bonchev–Trinajstić information content (AvgIpc) is 3.65. The van der Waals surface area contributed by atoms with Crippen molar-refractivity contribution < 1.29 is 19.1 Å². The molecule has 0 amide bonds. The van der Waals surface area contributed by atoms with Crippen LogP contribution in [0.5, 0.6) is 0 Å². The van der Waals surface area contributed by atoms with E-state index in [4.69, 9.17) is 0 Å². The maximum absolute atomic E-state index is 12.7. The predicted octanol–water partition coefficient (Wildman–Crippen LogP) is 20.8. The summed E-state index contributed by atoms with van der Waals surface area (Å²) < 4.78 is 1.58. The molecule has 1 heterocycles. The Morgan fingerprint density at radius 3 is 1.08 bits per heavy atom. The number of hydrogen-bond acceptors (Lipinski definition) is 0. The molecule has 3 heteroatoms. The number of hydrogen-bond donors (Lipinski definition) is 0. The van der Waals surface area contributed by atoms with Gasteiger partial charge in [-0.15, -0.1) is 0 Å². The molecule has 0 unspecified atom stereocenters. The van der Waals surface area contributed by atoms with Crippen LogP contribution in [0.15, 0.2) is 35.9 Å². The summed E-state index contributed by atoms with van der Waals surface area (Å²) in [6.45, 7) is 20.5. The summed E-state index contributed by atoms with van der Waals surface area (Å²) in [5, 5.41) is 2.56. The van der Waals surface area contributed by atoms with Crippen LogP contribution in [0, 0.1) is 11.8 Å². The molecule has 2 aromatic carbocycles. The first kappa shape index (κ1) is 59.7. The van der Waals surface area contributed by atoms with Gasteiger partial charge in [0.1, 0.15) is 5.57 Å². The molecule has 0 saturated heterocycles. The van der Waals surface area contributed by atoms with Gasteiger partial charge in [-0.2, -0.15) is 0 Å². The van der Waals surface area contributed by atoms with Gasteiger partial charge in [0.2, 0.25) is 11.4 Å². The second-order valence-corrected chi connectivity index (χ2v) is 21.3. The zero-order valence-electron chi connectivity index (χ0n) is 45.1. The zero-order chi connectivity index (χ0) is 48.0. The van der Waals surface area contributed by atoms with Crippen molar-refractivity contribution in [2.24, 2.45) is 0 Å². The second-order valence-electron chi connectivity index (χ2n) is 19.4. The first-order valence-electron chi connectivity index (χ1n) is 28.6. The van der Waals surface area contributed by atoms with Gasteiger partial charge in [0.25, 0.3) is 0 Å². The second kappa shape index (κ2) is 39.4. The summed E-state index contributed by atoms with van der Waals surface area (Å²) in [4.78, 5) is 0. The molecule has 0 bridgehead atoms. The molecule has 376 valence electrons. The third-order valence-electron chi connectivity index (χ3n) is 13.6. The standard InChI is InChI=1S/C59H94N2.2C2H5.Ni/c1-8-15-22-29-34-41-53-48-58(54-44-49(37-30-23-16-9-2)56(42-35-27-20-13-6)50(45-54)38-31-24-17-10-3)61(60)59(53)55-46-51(39-32-25-18-11-4)57(43-36-28-21-14-7)52(47-55)40-33-26-19-12-5;2*1-2;/h44-48H,8-33,35-40,42-43H2,1-7H3;2*1H2,2H3;. The van der Waals surface area contributed by atoms with Crippen molar-refractivity contribution in [3.8, 4) is 11.8 Å². The number of aryl methyl sites for hydroxylation is 4. The van der Waals surface area contributed by atoms with Gasteiger partial charge in [0, 0.05) is 23.6 Å². The Hall–Kier alpha value is -2.43. The topological polar surface area (TPSA) is 25.3 Å². The summed E-state index contributed by atoms with van der Waals surface area (Å²) >= 11 is 1.82. The Labute approximate surface area is 417 Å². The van der Waals surface area contributed by atoms with Crippen molar-refractivity contribution in [2.75, 3.05) is 0 Å². The van der Waals surface area contributed by atoms with Gasteiger partial charge < -0.3 is 5.53 Å². The Morgan fingerprint density at radius 1 is 0.409 bits per heavy atom. The number of rotatable bonds is 37. The number of allylic oxidation sites excluding steroid dienone is 2. The van der Waals surface area contributed by atoms with Crippen LogP contribution in [0.2, 0.25) is 10.8 Å². The van der Waals surface area contributed by atoms with Crippen molar-refractivity contribution in [1.82, 2.24) is 0 Å². The molecule has 3 rings (SSSR count). The van der Waals surface area contributed by atoms with Crippen LogP contribution in [0.25, 0.3) is 16.9 Å². The summed E-state index contributed by atoms with van der Waals surface area (Å²) in [7, 11) is 0. The molecule has 2 aromatic rings. The number of unbranched alkanes of at least 4 members (excludes halogenated alkanes) is 21. The summed E-state index contributed by atoms with van der Waals surface area (Å²) in [5.74, 6) is 7.26. The molecule has 0 aliphatic carbocycles. The normalized spacial score (nSPS) is 12.4. The Balaban J connectivity index is 0.00000283. The van der Waals surface area contributed by atoms with E-state index in [-0.39, 0.29) is 0 Å². The van der Waals surface area contributed by atoms with Gasteiger partial charge in [-0.3, -0.25) is 0 Å². The third kappa shape index (κ3) is 23.3. The van der Waals surface area contributed by atoms with Crippen molar-refractivity contribution >= 4 is 11.4 Å². The van der Waals surface area contributed by atoms with Crippen molar-refractivity contribution in [2.45, 2.75) is 291 Å². The minimum absolute atomic E-state index is 0.901. The predicted molar refractivity (Wildman–Crippen MR) is 291 cm³/mol. The molecule has 0 aromatic heterocycles. The fourth-order valence-corrected chi connectivity index (χ4v) is 10.2. The Morgan fingerprint density at radius 2 is 0.742 bits per heavy atom. The quantitative estimate of drug-likeness (QED) is 0.0279. The molecule has 0 saturated carbocycles. The van der Waals surface area contributed by atoms with E-state index >= 15 is 0 Å². The van der Waals surface area contributed by atoms with Gasteiger partial charge in [0.05, 0.1) is 0 Å². The Kier molecular flexibility index (Phi) is 35.7. The van der Waals surface area contributed by atoms with Crippen molar-refractivity contribution in [3.05, 3.63) is 86.0 Å². The van der Waals surface area contributed by atoms with E-state index in [0.29, 0.717) is 0 Å². The molecular weight excluding hydrogens is 843 g/mol. The van der Waals surface area contributed by atoms with E-state index in [1.54, 1.807) is 15.8 Å². The Bertz CT molecular complexity index is 1650. The van der Waals surface area contributed by atoms with Crippen LogP contribution in [-0.4, -0.2) is 4.70 Å². The third-order valence-corrected chi connectivity index (χ3v) is 14.6. The zero-order valence-corrected chi connectivity index (χ0v) is 46.0. The van der Waals surface area contributed by atoms with Gasteiger partial charge in [0.15, 0.2) is 0 Å². The first-order valence-corrected chi connectivity index (χ1v) is 30.0. The van der Waals surface area contributed by atoms with Crippen LogP contribution in [0.3, 0.4) is 0 Å². The van der Waals surface area contributed by atoms with E-state index in [1.165, 1.54) is 218 Å². The van der Waals surface area contributed by atoms with E-state index in [2.05, 4.69) is 104 Å². The molecule has 0 N–H and O–H groups in total.